The summed E-state index contributed by atoms with van der Waals surface area (Å²) in [5, 5.41) is 10.3. The molecule has 1 atom stereocenters. The normalized spacial score (nSPS) is 12.9. The number of nitrogens with zero attached hydrogens (tertiary/aromatic N) is 1. The summed E-state index contributed by atoms with van der Waals surface area (Å²) in [6, 6.07) is 11.1. The third-order valence-corrected chi connectivity index (χ3v) is 5.86. The lowest BCUT2D eigenvalue weighted by Crippen LogP contribution is -2.29. The number of rotatable bonds is 6. The summed E-state index contributed by atoms with van der Waals surface area (Å²) in [5.41, 5.74) is 4.12. The summed E-state index contributed by atoms with van der Waals surface area (Å²) in [4.78, 5) is 2.25. The van der Waals surface area contributed by atoms with Gasteiger partial charge in [0.05, 0.1) is 11.0 Å². The van der Waals surface area contributed by atoms with Crippen molar-refractivity contribution in [3.05, 3.63) is 58.7 Å². The van der Waals surface area contributed by atoms with E-state index in [9.17, 15) is 13.5 Å². The molecule has 2 N–H and O–H groups in total. The predicted molar refractivity (Wildman–Crippen MR) is 102 cm³/mol. The van der Waals surface area contributed by atoms with Crippen molar-refractivity contribution < 1.29 is 13.5 Å². The van der Waals surface area contributed by atoms with Crippen molar-refractivity contribution in [2.24, 2.45) is 0 Å². The Balaban J connectivity index is 2.14. The summed E-state index contributed by atoms with van der Waals surface area (Å²) in [5.74, 6) is 0. The zero-order valence-electron chi connectivity index (χ0n) is 15.4. The second-order valence-electron chi connectivity index (χ2n) is 6.58. The third kappa shape index (κ3) is 4.60. The van der Waals surface area contributed by atoms with E-state index in [-0.39, 0.29) is 11.4 Å². The van der Waals surface area contributed by atoms with Gasteiger partial charge in [0.15, 0.2) is 0 Å². The molecule has 2 aromatic rings. The van der Waals surface area contributed by atoms with Crippen molar-refractivity contribution in [1.82, 2.24) is 4.72 Å². The van der Waals surface area contributed by atoms with E-state index in [1.807, 2.05) is 50.2 Å². The van der Waals surface area contributed by atoms with Crippen molar-refractivity contribution in [2.75, 3.05) is 25.5 Å². The summed E-state index contributed by atoms with van der Waals surface area (Å²) in [6.07, 6.45) is -0.906. The number of nitrogens with one attached hydrogen (secondary N) is 1. The van der Waals surface area contributed by atoms with Gasteiger partial charge in [-0.25, -0.2) is 13.1 Å². The van der Waals surface area contributed by atoms with Crippen LogP contribution in [0.25, 0.3) is 0 Å². The number of anilines is 1. The first-order valence-corrected chi connectivity index (χ1v) is 9.63. The highest BCUT2D eigenvalue weighted by molar-refractivity contribution is 7.89. The predicted octanol–water partition coefficient (Wildman–Crippen LogP) is 2.69. The lowest BCUT2D eigenvalue weighted by molar-refractivity contribution is 0.182. The van der Waals surface area contributed by atoms with E-state index in [4.69, 9.17) is 0 Å². The fourth-order valence-electron chi connectivity index (χ4n) is 2.96. The first-order valence-electron chi connectivity index (χ1n) is 8.14. The molecule has 6 heteroatoms. The smallest absolute Gasteiger partial charge is 0.241 e. The zero-order chi connectivity index (χ0) is 18.8. The molecular weight excluding hydrogens is 336 g/mol. The Bertz CT molecular complexity index is 820. The van der Waals surface area contributed by atoms with E-state index >= 15 is 0 Å². The van der Waals surface area contributed by atoms with Gasteiger partial charge in [0.1, 0.15) is 0 Å². The molecule has 0 fully saturated rings. The van der Waals surface area contributed by atoms with E-state index in [0.717, 1.165) is 11.3 Å². The molecule has 2 aromatic carbocycles. The van der Waals surface area contributed by atoms with E-state index in [2.05, 4.69) is 4.72 Å². The molecule has 25 heavy (non-hydrogen) atoms. The Morgan fingerprint density at radius 3 is 2.04 bits per heavy atom. The minimum Gasteiger partial charge on any atom is -0.387 e. The Morgan fingerprint density at radius 2 is 1.56 bits per heavy atom. The maximum atomic E-state index is 12.6. The number of benzene rings is 2. The lowest BCUT2D eigenvalue weighted by Gasteiger charge is -2.17. The molecule has 0 aromatic heterocycles. The van der Waals surface area contributed by atoms with Crippen molar-refractivity contribution in [2.45, 2.75) is 31.8 Å². The molecule has 0 amide bonds. The van der Waals surface area contributed by atoms with E-state index in [1.165, 1.54) is 0 Å². The molecule has 1 unspecified atom stereocenters. The topological polar surface area (TPSA) is 69.6 Å². The monoisotopic (exact) mass is 362 g/mol. The maximum absolute atomic E-state index is 12.6. The number of aryl methyl sites for hydroxylation is 3. The quantitative estimate of drug-likeness (QED) is 0.829. The van der Waals surface area contributed by atoms with Crippen molar-refractivity contribution >= 4 is 15.7 Å². The SMILES string of the molecule is Cc1cc(C)c(S(=O)(=O)NCC(O)c2ccc(N(C)C)cc2)c(C)c1. The van der Waals surface area contributed by atoms with Crippen molar-refractivity contribution in [1.29, 1.82) is 0 Å². The van der Waals surface area contributed by atoms with Crippen LogP contribution in [0.4, 0.5) is 5.69 Å². The number of sulfonamides is 1. The standard InChI is InChI=1S/C19H26N2O3S/c1-13-10-14(2)19(15(3)11-13)25(23,24)20-12-18(22)16-6-8-17(9-7-16)21(4)5/h6-11,18,20,22H,12H2,1-5H3. The molecule has 0 aliphatic rings. The number of aliphatic hydroxyl groups excluding tert-OH is 1. The first kappa shape index (κ1) is 19.4. The van der Waals surface area contributed by atoms with E-state index in [0.29, 0.717) is 16.7 Å². The van der Waals surface area contributed by atoms with Crippen LogP contribution in [0.2, 0.25) is 0 Å². The highest BCUT2D eigenvalue weighted by Crippen LogP contribution is 2.22. The van der Waals surface area contributed by atoms with Gasteiger partial charge in [-0.3, -0.25) is 0 Å². The van der Waals surface area contributed by atoms with Gasteiger partial charge in [-0.15, -0.1) is 0 Å². The minimum atomic E-state index is -3.68. The second-order valence-corrected chi connectivity index (χ2v) is 8.29. The summed E-state index contributed by atoms with van der Waals surface area (Å²) >= 11 is 0. The van der Waals surface area contributed by atoms with Crippen LogP contribution in [-0.2, 0) is 10.0 Å². The van der Waals surface area contributed by atoms with Gasteiger partial charge in [-0.05, 0) is 49.6 Å². The van der Waals surface area contributed by atoms with Crippen LogP contribution in [0.5, 0.6) is 0 Å². The Labute approximate surface area is 150 Å². The molecule has 0 saturated heterocycles. The summed E-state index contributed by atoms with van der Waals surface area (Å²) < 4.78 is 27.8. The van der Waals surface area contributed by atoms with Crippen LogP contribution in [0, 0.1) is 20.8 Å². The Morgan fingerprint density at radius 1 is 1.04 bits per heavy atom. The Hall–Kier alpha value is -1.89. The Kier molecular flexibility index (Phi) is 5.87. The molecule has 5 nitrogen and oxygen atoms in total. The summed E-state index contributed by atoms with van der Waals surface area (Å²) in [6.45, 7) is 5.43. The van der Waals surface area contributed by atoms with E-state index in [1.54, 1.807) is 26.0 Å². The van der Waals surface area contributed by atoms with Gasteiger partial charge in [0.25, 0.3) is 0 Å². The number of hydrogen-bond donors (Lipinski definition) is 2. The van der Waals surface area contributed by atoms with Gasteiger partial charge in [-0.1, -0.05) is 29.8 Å². The third-order valence-electron chi connectivity index (χ3n) is 4.13. The number of hydrogen-bond acceptors (Lipinski definition) is 4. The maximum Gasteiger partial charge on any atom is 0.241 e. The van der Waals surface area contributed by atoms with Gasteiger partial charge in [0, 0.05) is 26.3 Å². The molecule has 0 aliphatic heterocycles. The van der Waals surface area contributed by atoms with Crippen molar-refractivity contribution in [3.63, 3.8) is 0 Å². The van der Waals surface area contributed by atoms with E-state index < -0.39 is 16.1 Å². The van der Waals surface area contributed by atoms with Crippen molar-refractivity contribution in [3.8, 4) is 0 Å². The fraction of sp³-hybridized carbons (Fsp3) is 0.368. The molecule has 2 rings (SSSR count). The van der Waals surface area contributed by atoms with Crippen LogP contribution in [0.3, 0.4) is 0 Å². The van der Waals surface area contributed by atoms with Gasteiger partial charge in [-0.2, -0.15) is 0 Å². The van der Waals surface area contributed by atoms with Crippen LogP contribution < -0.4 is 9.62 Å². The van der Waals surface area contributed by atoms with Crippen LogP contribution in [0.15, 0.2) is 41.3 Å². The van der Waals surface area contributed by atoms with Gasteiger partial charge >= 0.3 is 0 Å². The number of aliphatic hydroxyl groups is 1. The van der Waals surface area contributed by atoms with Gasteiger partial charge in [0.2, 0.25) is 10.0 Å². The highest BCUT2D eigenvalue weighted by atomic mass is 32.2. The minimum absolute atomic E-state index is 0.0730. The molecule has 0 bridgehead atoms. The molecule has 0 heterocycles. The van der Waals surface area contributed by atoms with Crippen LogP contribution in [-0.4, -0.2) is 34.2 Å². The van der Waals surface area contributed by atoms with Gasteiger partial charge < -0.3 is 10.0 Å². The average Bonchev–Trinajstić information content (AvgIpc) is 2.51. The molecule has 0 saturated carbocycles. The first-order chi connectivity index (χ1) is 11.6. The molecule has 0 aliphatic carbocycles. The zero-order valence-corrected chi connectivity index (χ0v) is 16.2. The molecular formula is C19H26N2O3S. The molecule has 0 spiro atoms. The average molecular weight is 362 g/mol. The van der Waals surface area contributed by atoms with Crippen LogP contribution >= 0.6 is 0 Å². The summed E-state index contributed by atoms with van der Waals surface area (Å²) in [7, 11) is 0.191. The second kappa shape index (κ2) is 7.56. The largest absolute Gasteiger partial charge is 0.387 e. The fourth-order valence-corrected chi connectivity index (χ4v) is 4.45. The van der Waals surface area contributed by atoms with Crippen LogP contribution in [0.1, 0.15) is 28.4 Å². The lowest BCUT2D eigenvalue weighted by atomic mass is 10.1. The highest BCUT2D eigenvalue weighted by Gasteiger charge is 2.21. The molecule has 136 valence electrons. The molecule has 0 radical (unpaired) electrons.